The summed E-state index contributed by atoms with van der Waals surface area (Å²) in [5.74, 6) is -0.449. The molecule has 0 amide bonds. The van der Waals surface area contributed by atoms with Gasteiger partial charge in [-0.05, 0) is 26.0 Å². The number of rotatable bonds is 5. The molecule has 1 N–H and O–H groups in total. The molecule has 0 aliphatic rings. The van der Waals surface area contributed by atoms with Crippen molar-refractivity contribution in [1.82, 2.24) is 5.43 Å². The first-order valence-electron chi connectivity index (χ1n) is 5.43. The van der Waals surface area contributed by atoms with E-state index in [0.29, 0.717) is 23.2 Å². The Hall–Kier alpha value is -1.26. The van der Waals surface area contributed by atoms with Gasteiger partial charge in [-0.1, -0.05) is 29.3 Å². The van der Waals surface area contributed by atoms with Crippen LogP contribution in [0.2, 0.25) is 10.0 Å². The average molecular weight is 289 g/mol. The zero-order chi connectivity index (χ0) is 13.5. The Morgan fingerprint density at radius 2 is 2.00 bits per heavy atom. The second-order valence-electron chi connectivity index (χ2n) is 3.45. The van der Waals surface area contributed by atoms with E-state index in [-0.39, 0.29) is 5.71 Å². The molecular formula is C12H14Cl2N2O2. The summed E-state index contributed by atoms with van der Waals surface area (Å²) in [5, 5.41) is 5.00. The van der Waals surface area contributed by atoms with Crippen molar-refractivity contribution in [3.8, 4) is 0 Å². The van der Waals surface area contributed by atoms with Gasteiger partial charge in [0.2, 0.25) is 0 Å². The Kier molecular flexibility index (Phi) is 5.95. The van der Waals surface area contributed by atoms with E-state index in [9.17, 15) is 4.79 Å². The van der Waals surface area contributed by atoms with Crippen LogP contribution in [0.5, 0.6) is 0 Å². The maximum Gasteiger partial charge on any atom is 0.354 e. The number of hydrogen-bond donors (Lipinski definition) is 1. The molecule has 0 atom stereocenters. The maximum atomic E-state index is 11.3. The van der Waals surface area contributed by atoms with Gasteiger partial charge in [0.25, 0.3) is 0 Å². The fraction of sp³-hybridized carbons (Fsp3) is 0.333. The van der Waals surface area contributed by atoms with Crippen LogP contribution in [0.3, 0.4) is 0 Å². The van der Waals surface area contributed by atoms with Crippen molar-refractivity contribution in [3.63, 3.8) is 0 Å². The second kappa shape index (κ2) is 7.24. The zero-order valence-electron chi connectivity index (χ0n) is 10.2. The average Bonchev–Trinajstić information content (AvgIpc) is 2.33. The third kappa shape index (κ3) is 4.20. The lowest BCUT2D eigenvalue weighted by Crippen LogP contribution is -2.18. The number of esters is 1. The monoisotopic (exact) mass is 288 g/mol. The summed E-state index contributed by atoms with van der Waals surface area (Å²) in [6, 6.07) is 5.25. The first-order chi connectivity index (χ1) is 8.56. The van der Waals surface area contributed by atoms with Gasteiger partial charge in [-0.25, -0.2) is 4.79 Å². The highest BCUT2D eigenvalue weighted by Crippen LogP contribution is 2.23. The third-order valence-electron chi connectivity index (χ3n) is 2.14. The molecule has 0 unspecified atom stereocenters. The van der Waals surface area contributed by atoms with Crippen LogP contribution in [0.25, 0.3) is 0 Å². The van der Waals surface area contributed by atoms with Crippen LogP contribution in [0.15, 0.2) is 23.3 Å². The molecule has 98 valence electrons. The van der Waals surface area contributed by atoms with E-state index >= 15 is 0 Å². The van der Waals surface area contributed by atoms with Crippen LogP contribution in [0.1, 0.15) is 19.4 Å². The van der Waals surface area contributed by atoms with Gasteiger partial charge >= 0.3 is 5.97 Å². The lowest BCUT2D eigenvalue weighted by molar-refractivity contribution is -0.135. The smallest absolute Gasteiger partial charge is 0.354 e. The van der Waals surface area contributed by atoms with Crippen molar-refractivity contribution in [2.75, 3.05) is 6.61 Å². The van der Waals surface area contributed by atoms with E-state index in [1.165, 1.54) is 0 Å². The molecule has 0 saturated carbocycles. The Balaban J connectivity index is 2.61. The standard InChI is InChI=1S/C12H14Cl2N2O2/c1-3-18-12(17)8(2)16-15-7-9-10(13)5-4-6-11(9)14/h4-6,15H,3,7H2,1-2H3/b16-8+. The highest BCUT2D eigenvalue weighted by molar-refractivity contribution is 6.36. The van der Waals surface area contributed by atoms with E-state index in [0.717, 1.165) is 5.56 Å². The number of hydrogen-bond acceptors (Lipinski definition) is 4. The molecule has 0 bridgehead atoms. The minimum absolute atomic E-state index is 0.250. The molecule has 0 heterocycles. The quantitative estimate of drug-likeness (QED) is 0.515. The number of ether oxygens (including phenoxy) is 1. The molecular weight excluding hydrogens is 275 g/mol. The number of nitrogens with zero attached hydrogens (tertiary/aromatic N) is 1. The fourth-order valence-corrected chi connectivity index (χ4v) is 1.75. The number of nitrogens with one attached hydrogen (secondary N) is 1. The fourth-order valence-electron chi connectivity index (χ4n) is 1.22. The largest absolute Gasteiger partial charge is 0.461 e. The first-order valence-corrected chi connectivity index (χ1v) is 6.19. The summed E-state index contributed by atoms with van der Waals surface area (Å²) in [6.45, 7) is 3.97. The van der Waals surface area contributed by atoms with E-state index in [2.05, 4.69) is 10.5 Å². The van der Waals surface area contributed by atoms with Crippen LogP contribution in [0.4, 0.5) is 0 Å². The normalized spacial score (nSPS) is 11.2. The van der Waals surface area contributed by atoms with Crippen LogP contribution in [-0.2, 0) is 16.1 Å². The minimum atomic E-state index is -0.449. The molecule has 6 heteroatoms. The summed E-state index contributed by atoms with van der Waals surface area (Å²) < 4.78 is 4.79. The third-order valence-corrected chi connectivity index (χ3v) is 2.84. The number of carbonyl (C=O) groups is 1. The van der Waals surface area contributed by atoms with Crippen molar-refractivity contribution in [2.45, 2.75) is 20.4 Å². The van der Waals surface area contributed by atoms with Crippen molar-refractivity contribution < 1.29 is 9.53 Å². The van der Waals surface area contributed by atoms with Gasteiger partial charge in [-0.2, -0.15) is 5.10 Å². The summed E-state index contributed by atoms with van der Waals surface area (Å²) in [7, 11) is 0. The molecule has 0 saturated heterocycles. The summed E-state index contributed by atoms with van der Waals surface area (Å²) >= 11 is 12.0. The van der Waals surface area contributed by atoms with Gasteiger partial charge in [-0.3, -0.25) is 0 Å². The molecule has 1 aromatic rings. The molecule has 0 radical (unpaired) electrons. The first kappa shape index (κ1) is 14.8. The highest BCUT2D eigenvalue weighted by Gasteiger charge is 2.07. The molecule has 1 aromatic carbocycles. The van der Waals surface area contributed by atoms with Gasteiger partial charge in [0.15, 0.2) is 0 Å². The minimum Gasteiger partial charge on any atom is -0.461 e. The number of halogens is 2. The second-order valence-corrected chi connectivity index (χ2v) is 4.27. The van der Waals surface area contributed by atoms with Gasteiger partial charge < -0.3 is 10.2 Å². The maximum absolute atomic E-state index is 11.3. The molecule has 18 heavy (non-hydrogen) atoms. The van der Waals surface area contributed by atoms with Crippen molar-refractivity contribution in [1.29, 1.82) is 0 Å². The van der Waals surface area contributed by atoms with Crippen LogP contribution >= 0.6 is 23.2 Å². The molecule has 4 nitrogen and oxygen atoms in total. The molecule has 0 spiro atoms. The van der Waals surface area contributed by atoms with Crippen LogP contribution in [0, 0.1) is 0 Å². The van der Waals surface area contributed by atoms with Crippen LogP contribution < -0.4 is 5.43 Å². The molecule has 1 rings (SSSR count). The zero-order valence-corrected chi connectivity index (χ0v) is 11.7. The summed E-state index contributed by atoms with van der Waals surface area (Å²) in [6.07, 6.45) is 0. The topological polar surface area (TPSA) is 50.7 Å². The number of benzene rings is 1. The van der Waals surface area contributed by atoms with Gasteiger partial charge in [0.1, 0.15) is 5.71 Å². The van der Waals surface area contributed by atoms with E-state index in [4.69, 9.17) is 27.9 Å². The van der Waals surface area contributed by atoms with E-state index in [1.807, 2.05) is 0 Å². The molecule has 0 aliphatic carbocycles. The lowest BCUT2D eigenvalue weighted by Gasteiger charge is -2.07. The Morgan fingerprint density at radius 3 is 2.56 bits per heavy atom. The van der Waals surface area contributed by atoms with Gasteiger partial charge in [-0.15, -0.1) is 0 Å². The lowest BCUT2D eigenvalue weighted by atomic mass is 10.2. The SMILES string of the molecule is CCOC(=O)/C(C)=N/NCc1c(Cl)cccc1Cl. The highest BCUT2D eigenvalue weighted by atomic mass is 35.5. The number of hydrazone groups is 1. The van der Waals surface area contributed by atoms with E-state index in [1.54, 1.807) is 32.0 Å². The van der Waals surface area contributed by atoms with Crippen molar-refractivity contribution in [2.24, 2.45) is 5.10 Å². The molecule has 0 aliphatic heterocycles. The summed E-state index contributed by atoms with van der Waals surface area (Å²) in [4.78, 5) is 11.3. The van der Waals surface area contributed by atoms with Crippen LogP contribution in [-0.4, -0.2) is 18.3 Å². The predicted molar refractivity (Wildman–Crippen MR) is 73.0 cm³/mol. The van der Waals surface area contributed by atoms with Crippen molar-refractivity contribution >= 4 is 34.9 Å². The number of carbonyl (C=O) groups excluding carboxylic acids is 1. The Morgan fingerprint density at radius 1 is 1.39 bits per heavy atom. The predicted octanol–water partition coefficient (Wildman–Crippen LogP) is 3.02. The van der Waals surface area contributed by atoms with Gasteiger partial charge in [0, 0.05) is 15.6 Å². The van der Waals surface area contributed by atoms with Crippen molar-refractivity contribution in [3.05, 3.63) is 33.8 Å². The molecule has 0 aromatic heterocycles. The van der Waals surface area contributed by atoms with E-state index < -0.39 is 5.97 Å². The van der Waals surface area contributed by atoms with Gasteiger partial charge in [0.05, 0.1) is 13.2 Å². The summed E-state index contributed by atoms with van der Waals surface area (Å²) in [5.41, 5.74) is 3.73. The Bertz CT molecular complexity index is 441. The molecule has 0 fully saturated rings. The Labute approximate surface area is 116 Å².